The smallest absolute Gasteiger partial charge is 0.358 e. The van der Waals surface area contributed by atoms with E-state index in [4.69, 9.17) is 5.11 Å². The topological polar surface area (TPSA) is 80.0 Å². The van der Waals surface area contributed by atoms with E-state index in [2.05, 4.69) is 22.6 Å². The third kappa shape index (κ3) is 3.03. The summed E-state index contributed by atoms with van der Waals surface area (Å²) in [6.07, 6.45) is 5.39. The van der Waals surface area contributed by atoms with Crippen LogP contribution in [0.2, 0.25) is 0 Å². The van der Waals surface area contributed by atoms with E-state index in [0.29, 0.717) is 12.0 Å². The molecule has 0 aromatic carbocycles. The van der Waals surface area contributed by atoms with Gasteiger partial charge in [0.15, 0.2) is 5.69 Å². The van der Waals surface area contributed by atoms with Crippen LogP contribution >= 0.6 is 0 Å². The lowest BCUT2D eigenvalue weighted by Gasteiger charge is -2.38. The molecule has 1 aromatic heterocycles. The van der Waals surface area contributed by atoms with Crippen LogP contribution in [-0.2, 0) is 6.54 Å². The van der Waals surface area contributed by atoms with Gasteiger partial charge in [-0.3, -0.25) is 4.68 Å². The summed E-state index contributed by atoms with van der Waals surface area (Å²) in [5.41, 5.74) is 0.463. The summed E-state index contributed by atoms with van der Waals surface area (Å²) in [4.78, 5) is 10.6. The van der Waals surface area contributed by atoms with Crippen molar-refractivity contribution in [1.29, 1.82) is 0 Å². The molecule has 1 aromatic rings. The molecule has 0 saturated heterocycles. The van der Waals surface area contributed by atoms with Crippen molar-refractivity contribution < 1.29 is 9.90 Å². The van der Waals surface area contributed by atoms with Crippen LogP contribution in [0.3, 0.4) is 0 Å². The number of aromatic nitrogens is 3. The predicted molar refractivity (Wildman–Crippen MR) is 61.8 cm³/mol. The minimum atomic E-state index is -1.04. The van der Waals surface area contributed by atoms with Gasteiger partial charge in [-0.25, -0.2) is 4.79 Å². The molecule has 1 aliphatic carbocycles. The summed E-state index contributed by atoms with van der Waals surface area (Å²) < 4.78 is 1.56. The molecule has 1 fully saturated rings. The summed E-state index contributed by atoms with van der Waals surface area (Å²) in [6.45, 7) is 4.75. The van der Waals surface area contributed by atoms with E-state index in [1.165, 1.54) is 25.5 Å². The van der Waals surface area contributed by atoms with Gasteiger partial charge in [-0.2, -0.15) is 0 Å². The molecule has 94 valence electrons. The average molecular weight is 238 g/mol. The number of nitrogens with zero attached hydrogens (tertiary/aromatic N) is 3. The number of rotatable bonds is 6. The van der Waals surface area contributed by atoms with Gasteiger partial charge in [-0.05, 0) is 18.3 Å². The van der Waals surface area contributed by atoms with Crippen molar-refractivity contribution >= 4 is 5.97 Å². The molecule has 17 heavy (non-hydrogen) atoms. The van der Waals surface area contributed by atoms with E-state index in [0.717, 1.165) is 13.1 Å². The minimum absolute atomic E-state index is 0.00375. The van der Waals surface area contributed by atoms with Crippen LogP contribution in [0.1, 0.15) is 36.7 Å². The van der Waals surface area contributed by atoms with E-state index in [1.54, 1.807) is 4.68 Å². The standard InChI is InChI=1S/C11H18N4O2/c1-11(3-2-4-11)8-12-5-6-15-7-9(10(16)17)13-14-15/h7,12H,2-6,8H2,1H3,(H,16,17). The van der Waals surface area contributed by atoms with Gasteiger partial charge in [0.2, 0.25) is 0 Å². The number of nitrogens with one attached hydrogen (secondary N) is 1. The van der Waals surface area contributed by atoms with Crippen molar-refractivity contribution in [1.82, 2.24) is 20.3 Å². The van der Waals surface area contributed by atoms with Gasteiger partial charge in [0.25, 0.3) is 0 Å². The molecule has 6 nitrogen and oxygen atoms in total. The maximum Gasteiger partial charge on any atom is 0.358 e. The van der Waals surface area contributed by atoms with Crippen molar-refractivity contribution in [3.8, 4) is 0 Å². The summed E-state index contributed by atoms with van der Waals surface area (Å²) >= 11 is 0. The van der Waals surface area contributed by atoms with Crippen LogP contribution in [0.25, 0.3) is 0 Å². The van der Waals surface area contributed by atoms with Crippen LogP contribution in [-0.4, -0.2) is 39.2 Å². The summed E-state index contributed by atoms with van der Waals surface area (Å²) in [5.74, 6) is -1.04. The summed E-state index contributed by atoms with van der Waals surface area (Å²) in [6, 6.07) is 0. The highest BCUT2D eigenvalue weighted by Gasteiger charge is 2.30. The largest absolute Gasteiger partial charge is 0.476 e. The molecule has 1 aliphatic rings. The first-order chi connectivity index (χ1) is 8.09. The summed E-state index contributed by atoms with van der Waals surface area (Å²) in [7, 11) is 0. The second-order valence-electron chi connectivity index (χ2n) is 5.01. The third-order valence-electron chi connectivity index (χ3n) is 3.39. The molecule has 2 rings (SSSR count). The minimum Gasteiger partial charge on any atom is -0.476 e. The van der Waals surface area contributed by atoms with E-state index < -0.39 is 5.97 Å². The SMILES string of the molecule is CC1(CNCCn2cc(C(=O)O)nn2)CCC1. The first-order valence-electron chi connectivity index (χ1n) is 5.93. The molecule has 0 spiro atoms. The number of carboxylic acid groups (broad SMARTS) is 1. The quantitative estimate of drug-likeness (QED) is 0.715. The fourth-order valence-corrected chi connectivity index (χ4v) is 2.05. The van der Waals surface area contributed by atoms with Crippen molar-refractivity contribution in [3.05, 3.63) is 11.9 Å². The molecular formula is C11H18N4O2. The Morgan fingerprint density at radius 2 is 2.41 bits per heavy atom. The Hall–Kier alpha value is -1.43. The van der Waals surface area contributed by atoms with Crippen LogP contribution in [0.4, 0.5) is 0 Å². The van der Waals surface area contributed by atoms with Crippen LogP contribution < -0.4 is 5.32 Å². The van der Waals surface area contributed by atoms with Crippen molar-refractivity contribution in [2.24, 2.45) is 5.41 Å². The molecule has 0 unspecified atom stereocenters. The molecule has 0 radical (unpaired) electrons. The van der Waals surface area contributed by atoms with E-state index in [1.807, 2.05) is 0 Å². The maximum absolute atomic E-state index is 10.6. The molecule has 0 atom stereocenters. The molecule has 6 heteroatoms. The zero-order chi connectivity index (χ0) is 12.3. The Kier molecular flexibility index (Phi) is 3.42. The highest BCUT2D eigenvalue weighted by Crippen LogP contribution is 2.39. The average Bonchev–Trinajstić information content (AvgIpc) is 2.70. The second kappa shape index (κ2) is 4.83. The highest BCUT2D eigenvalue weighted by molar-refractivity contribution is 5.84. The van der Waals surface area contributed by atoms with Crippen molar-refractivity contribution in [3.63, 3.8) is 0 Å². The van der Waals surface area contributed by atoms with Gasteiger partial charge in [-0.1, -0.05) is 18.6 Å². The molecule has 0 aliphatic heterocycles. The molecule has 0 amide bonds. The van der Waals surface area contributed by atoms with Crippen molar-refractivity contribution in [2.45, 2.75) is 32.7 Å². The molecule has 0 bridgehead atoms. The van der Waals surface area contributed by atoms with Gasteiger partial charge in [0.05, 0.1) is 12.7 Å². The van der Waals surface area contributed by atoms with E-state index >= 15 is 0 Å². The Morgan fingerprint density at radius 3 is 2.94 bits per heavy atom. The second-order valence-corrected chi connectivity index (χ2v) is 5.01. The zero-order valence-electron chi connectivity index (χ0n) is 10.0. The lowest BCUT2D eigenvalue weighted by Crippen LogP contribution is -2.38. The third-order valence-corrected chi connectivity index (χ3v) is 3.39. The predicted octanol–water partition coefficient (Wildman–Crippen LogP) is 0.756. The lowest BCUT2D eigenvalue weighted by molar-refractivity contribution is 0.0690. The van der Waals surface area contributed by atoms with Gasteiger partial charge in [-0.15, -0.1) is 5.10 Å². The van der Waals surface area contributed by atoms with Crippen molar-refractivity contribution in [2.75, 3.05) is 13.1 Å². The number of carboxylic acids is 1. The lowest BCUT2D eigenvalue weighted by atomic mass is 9.70. The normalized spacial score (nSPS) is 17.7. The maximum atomic E-state index is 10.6. The number of aromatic carboxylic acids is 1. The Morgan fingerprint density at radius 1 is 1.65 bits per heavy atom. The van der Waals surface area contributed by atoms with E-state index in [-0.39, 0.29) is 5.69 Å². The first kappa shape index (κ1) is 12.0. The molecule has 1 heterocycles. The van der Waals surface area contributed by atoms with Crippen LogP contribution in [0.5, 0.6) is 0 Å². The van der Waals surface area contributed by atoms with Gasteiger partial charge in [0, 0.05) is 13.1 Å². The van der Waals surface area contributed by atoms with Gasteiger partial charge in [0.1, 0.15) is 0 Å². The molecular weight excluding hydrogens is 220 g/mol. The fourth-order valence-electron chi connectivity index (χ4n) is 2.05. The Bertz CT molecular complexity index is 398. The number of carbonyl (C=O) groups is 1. The van der Waals surface area contributed by atoms with Gasteiger partial charge < -0.3 is 10.4 Å². The van der Waals surface area contributed by atoms with E-state index in [9.17, 15) is 4.79 Å². The number of hydrogen-bond donors (Lipinski definition) is 2. The summed E-state index contributed by atoms with van der Waals surface area (Å²) in [5, 5.41) is 19.4. The fraction of sp³-hybridized carbons (Fsp3) is 0.727. The first-order valence-corrected chi connectivity index (χ1v) is 5.93. The molecule has 2 N–H and O–H groups in total. The van der Waals surface area contributed by atoms with Crippen LogP contribution in [0.15, 0.2) is 6.20 Å². The zero-order valence-corrected chi connectivity index (χ0v) is 10.0. The number of hydrogen-bond acceptors (Lipinski definition) is 4. The van der Waals surface area contributed by atoms with Crippen LogP contribution in [0, 0.1) is 5.41 Å². The molecule has 1 saturated carbocycles. The monoisotopic (exact) mass is 238 g/mol. The van der Waals surface area contributed by atoms with Gasteiger partial charge >= 0.3 is 5.97 Å². The Labute approximate surface area is 100 Å². The highest BCUT2D eigenvalue weighted by atomic mass is 16.4. The Balaban J connectivity index is 1.69.